The molecule has 0 saturated heterocycles. The molecule has 1 atom stereocenters. The number of sulfonamides is 1. The second kappa shape index (κ2) is 9.61. The first-order valence-electron chi connectivity index (χ1n) is 10.0. The van der Waals surface area contributed by atoms with Crippen LogP contribution in [0.5, 0.6) is 17.2 Å². The summed E-state index contributed by atoms with van der Waals surface area (Å²) in [6, 6.07) is 15.4. The van der Waals surface area contributed by atoms with E-state index in [0.717, 1.165) is 4.31 Å². The first-order valence-corrected chi connectivity index (χ1v) is 12.2. The van der Waals surface area contributed by atoms with E-state index in [1.807, 2.05) is 0 Å². The number of rotatable bonds is 6. The van der Waals surface area contributed by atoms with E-state index in [1.54, 1.807) is 24.3 Å². The Kier molecular flexibility index (Phi) is 6.79. The van der Waals surface area contributed by atoms with Crippen molar-refractivity contribution in [3.05, 3.63) is 70.7 Å². The summed E-state index contributed by atoms with van der Waals surface area (Å²) in [5.41, 5.74) is 0.621. The second-order valence-corrected chi connectivity index (χ2v) is 9.95. The minimum atomic E-state index is -4.01. The van der Waals surface area contributed by atoms with E-state index in [9.17, 15) is 13.2 Å². The second-order valence-electron chi connectivity index (χ2n) is 7.24. The number of benzene rings is 3. The van der Waals surface area contributed by atoms with E-state index in [0.29, 0.717) is 32.9 Å². The van der Waals surface area contributed by atoms with Gasteiger partial charge in [-0.3, -0.25) is 9.10 Å². The Bertz CT molecular complexity index is 1330. The number of fused-ring (bicyclic) bond motifs is 1. The summed E-state index contributed by atoms with van der Waals surface area (Å²) in [5.74, 6) is 0.321. The molecule has 34 heavy (non-hydrogen) atoms. The quantitative estimate of drug-likeness (QED) is 0.508. The van der Waals surface area contributed by atoms with Gasteiger partial charge < -0.3 is 19.5 Å². The van der Waals surface area contributed by atoms with Crippen molar-refractivity contribution in [1.82, 2.24) is 0 Å². The number of nitrogens with one attached hydrogen (secondary N) is 1. The summed E-state index contributed by atoms with van der Waals surface area (Å²) < 4.78 is 44.4. The molecule has 1 amide bonds. The molecule has 1 heterocycles. The number of hydrogen-bond acceptors (Lipinski definition) is 6. The van der Waals surface area contributed by atoms with Crippen molar-refractivity contribution in [2.75, 3.05) is 30.4 Å². The fourth-order valence-corrected chi connectivity index (χ4v) is 5.30. The van der Waals surface area contributed by atoms with E-state index in [1.165, 1.54) is 50.6 Å². The number of amides is 1. The molecule has 0 saturated carbocycles. The minimum Gasteiger partial charge on any atom is -0.495 e. The van der Waals surface area contributed by atoms with Crippen LogP contribution in [0.1, 0.15) is 0 Å². The van der Waals surface area contributed by atoms with E-state index >= 15 is 0 Å². The van der Waals surface area contributed by atoms with Gasteiger partial charge in [-0.05, 0) is 36.4 Å². The van der Waals surface area contributed by atoms with Crippen LogP contribution in [0.25, 0.3) is 0 Å². The number of nitrogens with zero attached hydrogens (tertiary/aromatic N) is 1. The third kappa shape index (κ3) is 4.59. The zero-order valence-corrected chi connectivity index (χ0v) is 20.4. The molecule has 3 aromatic carbocycles. The molecule has 4 rings (SSSR count). The maximum Gasteiger partial charge on any atom is 0.267 e. The van der Waals surface area contributed by atoms with Gasteiger partial charge >= 0.3 is 0 Å². The van der Waals surface area contributed by atoms with Crippen molar-refractivity contribution >= 4 is 50.5 Å². The average molecular weight is 523 g/mol. The third-order valence-corrected chi connectivity index (χ3v) is 7.50. The van der Waals surface area contributed by atoms with Crippen molar-refractivity contribution in [2.45, 2.75) is 11.0 Å². The number of carbonyl (C=O) groups is 1. The van der Waals surface area contributed by atoms with Crippen LogP contribution in [0.2, 0.25) is 10.0 Å². The summed E-state index contributed by atoms with van der Waals surface area (Å²) in [6.07, 6.45) is -1.15. The maximum atomic E-state index is 13.5. The van der Waals surface area contributed by atoms with Crippen molar-refractivity contribution in [2.24, 2.45) is 0 Å². The average Bonchev–Trinajstić information content (AvgIpc) is 2.84. The molecule has 0 aliphatic carbocycles. The number of hydrogen-bond donors (Lipinski definition) is 1. The summed E-state index contributed by atoms with van der Waals surface area (Å²) in [5, 5.41) is 3.43. The number of anilines is 2. The Balaban J connectivity index is 1.67. The molecule has 0 spiro atoms. The van der Waals surface area contributed by atoms with Gasteiger partial charge in [-0.2, -0.15) is 0 Å². The van der Waals surface area contributed by atoms with Gasteiger partial charge in [-0.15, -0.1) is 0 Å². The fourth-order valence-electron chi connectivity index (χ4n) is 3.47. The van der Waals surface area contributed by atoms with Crippen LogP contribution in [-0.4, -0.2) is 41.2 Å². The predicted molar refractivity (Wildman–Crippen MR) is 130 cm³/mol. The van der Waals surface area contributed by atoms with Gasteiger partial charge in [-0.25, -0.2) is 8.42 Å². The summed E-state index contributed by atoms with van der Waals surface area (Å²) >= 11 is 12.1. The normalized spacial score (nSPS) is 15.2. The lowest BCUT2D eigenvalue weighted by molar-refractivity contribution is -0.122. The number of methoxy groups -OCH3 is 2. The summed E-state index contributed by atoms with van der Waals surface area (Å²) in [7, 11) is -1.13. The van der Waals surface area contributed by atoms with Gasteiger partial charge in [0.25, 0.3) is 15.9 Å². The fraction of sp³-hybridized carbons (Fsp3) is 0.174. The lowest BCUT2D eigenvalue weighted by Crippen LogP contribution is -2.48. The smallest absolute Gasteiger partial charge is 0.267 e. The van der Waals surface area contributed by atoms with E-state index in [4.69, 9.17) is 37.4 Å². The van der Waals surface area contributed by atoms with E-state index in [-0.39, 0.29) is 17.2 Å². The summed E-state index contributed by atoms with van der Waals surface area (Å²) in [6.45, 7) is -0.249. The van der Waals surface area contributed by atoms with Crippen LogP contribution in [0.4, 0.5) is 11.4 Å². The molecule has 1 aliphatic heterocycles. The molecule has 0 bridgehead atoms. The molecular formula is C23H20Cl2N2O6S. The minimum absolute atomic E-state index is 0.0388. The van der Waals surface area contributed by atoms with Crippen molar-refractivity contribution in [3.63, 3.8) is 0 Å². The number of ether oxygens (including phenoxy) is 3. The zero-order valence-electron chi connectivity index (χ0n) is 18.1. The Hall–Kier alpha value is -3.14. The molecule has 0 aromatic heterocycles. The van der Waals surface area contributed by atoms with E-state index in [2.05, 4.69) is 5.32 Å². The molecular weight excluding hydrogens is 503 g/mol. The van der Waals surface area contributed by atoms with Crippen LogP contribution >= 0.6 is 23.2 Å². The molecule has 3 aromatic rings. The van der Waals surface area contributed by atoms with Crippen LogP contribution in [0.3, 0.4) is 0 Å². The van der Waals surface area contributed by atoms with Gasteiger partial charge in [0, 0.05) is 17.2 Å². The van der Waals surface area contributed by atoms with Crippen LogP contribution in [0.15, 0.2) is 65.6 Å². The van der Waals surface area contributed by atoms with Crippen molar-refractivity contribution in [3.8, 4) is 17.2 Å². The van der Waals surface area contributed by atoms with Gasteiger partial charge in [0.1, 0.15) is 17.2 Å². The number of para-hydroxylation sites is 2. The molecule has 0 radical (unpaired) electrons. The standard InChI is InChI=1S/C23H20Cl2N2O6S/c1-31-20-12-17(21(32-2)11-16(20)25)26-23(28)22-13-27(18-5-3-4-6-19(18)33-22)34(29,30)15-9-7-14(24)8-10-15/h3-12,22H,13H2,1-2H3,(H,26,28). The van der Waals surface area contributed by atoms with Crippen LogP contribution < -0.4 is 23.8 Å². The first-order chi connectivity index (χ1) is 16.2. The van der Waals surface area contributed by atoms with Gasteiger partial charge in [-0.1, -0.05) is 35.3 Å². The Morgan fingerprint density at radius 2 is 1.71 bits per heavy atom. The molecule has 1 unspecified atom stereocenters. The highest BCUT2D eigenvalue weighted by Gasteiger charge is 2.37. The Morgan fingerprint density at radius 3 is 2.38 bits per heavy atom. The molecule has 0 fully saturated rings. The molecule has 1 N–H and O–H groups in total. The van der Waals surface area contributed by atoms with Crippen molar-refractivity contribution in [1.29, 1.82) is 0 Å². The van der Waals surface area contributed by atoms with Gasteiger partial charge in [0.15, 0.2) is 6.10 Å². The highest BCUT2D eigenvalue weighted by atomic mass is 35.5. The van der Waals surface area contributed by atoms with Gasteiger partial charge in [0.05, 0.1) is 42.1 Å². The maximum absolute atomic E-state index is 13.5. The monoisotopic (exact) mass is 522 g/mol. The Morgan fingerprint density at radius 1 is 1.03 bits per heavy atom. The molecule has 178 valence electrons. The lowest BCUT2D eigenvalue weighted by Gasteiger charge is -2.34. The first kappa shape index (κ1) is 24.0. The molecule has 1 aliphatic rings. The largest absolute Gasteiger partial charge is 0.495 e. The lowest BCUT2D eigenvalue weighted by atomic mass is 10.2. The predicted octanol–water partition coefficient (Wildman–Crippen LogP) is 4.61. The Labute approximate surface area is 207 Å². The van der Waals surface area contributed by atoms with Gasteiger partial charge in [0.2, 0.25) is 0 Å². The molecule has 11 heteroatoms. The SMILES string of the molecule is COc1cc(NC(=O)C2CN(S(=O)(=O)c3ccc(Cl)cc3)c3ccccc3O2)c(OC)cc1Cl. The van der Waals surface area contributed by atoms with Crippen LogP contribution in [0, 0.1) is 0 Å². The van der Waals surface area contributed by atoms with E-state index < -0.39 is 22.0 Å². The number of halogens is 2. The van der Waals surface area contributed by atoms with Crippen LogP contribution in [-0.2, 0) is 14.8 Å². The molecule has 8 nitrogen and oxygen atoms in total. The summed E-state index contributed by atoms with van der Waals surface area (Å²) in [4.78, 5) is 13.2. The highest BCUT2D eigenvalue weighted by Crippen LogP contribution is 2.39. The topological polar surface area (TPSA) is 94.2 Å². The zero-order chi connectivity index (χ0) is 24.5. The third-order valence-electron chi connectivity index (χ3n) is 5.16. The van der Waals surface area contributed by atoms with Crippen molar-refractivity contribution < 1.29 is 27.4 Å². The highest BCUT2D eigenvalue weighted by molar-refractivity contribution is 7.92. The number of carbonyl (C=O) groups excluding carboxylic acids is 1.